The van der Waals surface area contributed by atoms with E-state index >= 15 is 0 Å². The highest BCUT2D eigenvalue weighted by atomic mass is 16.2. The summed E-state index contributed by atoms with van der Waals surface area (Å²) in [6.45, 7) is 3.88. The SMILES string of the molecule is CC(C)[C@@H](N)C(=O)Nc1cnc2c(c1)CCCC2. The van der Waals surface area contributed by atoms with Crippen LogP contribution in [0.15, 0.2) is 12.3 Å². The van der Waals surface area contributed by atoms with Gasteiger partial charge in [-0.25, -0.2) is 0 Å². The molecule has 0 radical (unpaired) electrons. The zero-order valence-electron chi connectivity index (χ0n) is 11.1. The fourth-order valence-electron chi connectivity index (χ4n) is 2.18. The third kappa shape index (κ3) is 2.88. The van der Waals surface area contributed by atoms with E-state index < -0.39 is 6.04 Å². The molecule has 1 aromatic heterocycles. The largest absolute Gasteiger partial charge is 0.323 e. The van der Waals surface area contributed by atoms with Crippen LogP contribution in [-0.4, -0.2) is 16.9 Å². The molecular weight excluding hydrogens is 226 g/mol. The van der Waals surface area contributed by atoms with Crippen LogP contribution in [-0.2, 0) is 17.6 Å². The molecule has 0 saturated heterocycles. The zero-order valence-corrected chi connectivity index (χ0v) is 11.1. The summed E-state index contributed by atoms with van der Waals surface area (Å²) in [6.07, 6.45) is 6.26. The summed E-state index contributed by atoms with van der Waals surface area (Å²) >= 11 is 0. The maximum Gasteiger partial charge on any atom is 0.241 e. The zero-order chi connectivity index (χ0) is 13.1. The molecule has 1 heterocycles. The second-order valence-corrected chi connectivity index (χ2v) is 5.30. The Labute approximate surface area is 108 Å². The number of hydrogen-bond acceptors (Lipinski definition) is 3. The molecule has 2 rings (SSSR count). The molecule has 3 N–H and O–H groups in total. The van der Waals surface area contributed by atoms with Crippen molar-refractivity contribution in [3.8, 4) is 0 Å². The van der Waals surface area contributed by atoms with Crippen LogP contribution in [0.5, 0.6) is 0 Å². The molecule has 18 heavy (non-hydrogen) atoms. The molecule has 4 nitrogen and oxygen atoms in total. The quantitative estimate of drug-likeness (QED) is 0.857. The Morgan fingerprint density at radius 3 is 2.83 bits per heavy atom. The smallest absolute Gasteiger partial charge is 0.241 e. The highest BCUT2D eigenvalue weighted by molar-refractivity contribution is 5.94. The van der Waals surface area contributed by atoms with E-state index in [2.05, 4.69) is 10.3 Å². The number of carbonyl (C=O) groups is 1. The lowest BCUT2D eigenvalue weighted by Gasteiger charge is -2.18. The van der Waals surface area contributed by atoms with E-state index in [1.165, 1.54) is 24.1 Å². The minimum absolute atomic E-state index is 0.135. The molecule has 0 aromatic carbocycles. The second-order valence-electron chi connectivity index (χ2n) is 5.30. The minimum atomic E-state index is -0.471. The number of rotatable bonds is 3. The van der Waals surface area contributed by atoms with Crippen LogP contribution in [0.2, 0.25) is 0 Å². The number of anilines is 1. The van der Waals surface area contributed by atoms with Gasteiger partial charge in [-0.05, 0) is 43.2 Å². The number of nitrogens with zero attached hydrogens (tertiary/aromatic N) is 1. The number of nitrogens with one attached hydrogen (secondary N) is 1. The maximum atomic E-state index is 11.9. The summed E-state index contributed by atoms with van der Waals surface area (Å²) in [7, 11) is 0. The van der Waals surface area contributed by atoms with E-state index in [0.29, 0.717) is 0 Å². The van der Waals surface area contributed by atoms with Crippen molar-refractivity contribution in [1.82, 2.24) is 4.98 Å². The number of aryl methyl sites for hydroxylation is 2. The fraction of sp³-hybridized carbons (Fsp3) is 0.571. The first kappa shape index (κ1) is 13.0. The molecule has 1 aromatic rings. The van der Waals surface area contributed by atoms with Crippen molar-refractivity contribution < 1.29 is 4.79 Å². The van der Waals surface area contributed by atoms with Crippen molar-refractivity contribution in [3.05, 3.63) is 23.5 Å². The van der Waals surface area contributed by atoms with Crippen LogP contribution in [0, 0.1) is 5.92 Å². The van der Waals surface area contributed by atoms with Gasteiger partial charge in [0.1, 0.15) is 0 Å². The lowest BCUT2D eigenvalue weighted by atomic mass is 9.96. The average Bonchev–Trinajstić information content (AvgIpc) is 2.37. The van der Waals surface area contributed by atoms with Crippen LogP contribution in [0.1, 0.15) is 37.9 Å². The first-order valence-electron chi connectivity index (χ1n) is 6.62. The summed E-state index contributed by atoms with van der Waals surface area (Å²) in [5.41, 5.74) is 9.01. The topological polar surface area (TPSA) is 68.0 Å². The predicted octanol–water partition coefficient (Wildman–Crippen LogP) is 1.88. The summed E-state index contributed by atoms with van der Waals surface area (Å²) < 4.78 is 0. The van der Waals surface area contributed by atoms with Crippen molar-refractivity contribution in [2.45, 2.75) is 45.6 Å². The van der Waals surface area contributed by atoms with Gasteiger partial charge in [-0.3, -0.25) is 9.78 Å². The van der Waals surface area contributed by atoms with Gasteiger partial charge in [-0.2, -0.15) is 0 Å². The van der Waals surface area contributed by atoms with Gasteiger partial charge in [0.25, 0.3) is 0 Å². The normalized spacial score (nSPS) is 16.2. The fourth-order valence-corrected chi connectivity index (χ4v) is 2.18. The van der Waals surface area contributed by atoms with Gasteiger partial charge in [0.05, 0.1) is 17.9 Å². The van der Waals surface area contributed by atoms with E-state index in [1.54, 1.807) is 6.20 Å². The Hall–Kier alpha value is -1.42. The molecular formula is C14H21N3O. The average molecular weight is 247 g/mol. The van der Waals surface area contributed by atoms with E-state index in [1.807, 2.05) is 19.9 Å². The molecule has 1 amide bonds. The Balaban J connectivity index is 2.08. The molecule has 0 saturated carbocycles. The molecule has 0 aliphatic heterocycles. The lowest BCUT2D eigenvalue weighted by Crippen LogP contribution is -2.39. The van der Waals surface area contributed by atoms with E-state index in [4.69, 9.17) is 5.73 Å². The van der Waals surface area contributed by atoms with Gasteiger partial charge in [-0.1, -0.05) is 13.8 Å². The molecule has 4 heteroatoms. The molecule has 0 spiro atoms. The third-order valence-electron chi connectivity index (χ3n) is 3.46. The van der Waals surface area contributed by atoms with Gasteiger partial charge in [-0.15, -0.1) is 0 Å². The summed E-state index contributed by atoms with van der Waals surface area (Å²) in [5, 5.41) is 2.85. The van der Waals surface area contributed by atoms with E-state index in [0.717, 1.165) is 18.5 Å². The summed E-state index contributed by atoms with van der Waals surface area (Å²) in [4.78, 5) is 16.3. The Morgan fingerprint density at radius 2 is 2.11 bits per heavy atom. The van der Waals surface area contributed by atoms with Crippen molar-refractivity contribution in [1.29, 1.82) is 0 Å². The summed E-state index contributed by atoms with van der Waals surface area (Å²) in [5.74, 6) is -0.00172. The maximum absolute atomic E-state index is 11.9. The first-order chi connectivity index (χ1) is 8.58. The molecule has 98 valence electrons. The highest BCUT2D eigenvalue weighted by Crippen LogP contribution is 2.22. The van der Waals surface area contributed by atoms with Crippen molar-refractivity contribution in [2.24, 2.45) is 11.7 Å². The Kier molecular flexibility index (Phi) is 3.97. The minimum Gasteiger partial charge on any atom is -0.323 e. The number of aromatic nitrogens is 1. The van der Waals surface area contributed by atoms with Crippen molar-refractivity contribution in [3.63, 3.8) is 0 Å². The molecule has 0 bridgehead atoms. The van der Waals surface area contributed by atoms with Gasteiger partial charge < -0.3 is 11.1 Å². The molecule has 1 aliphatic carbocycles. The van der Waals surface area contributed by atoms with Crippen LogP contribution < -0.4 is 11.1 Å². The predicted molar refractivity (Wildman–Crippen MR) is 72.3 cm³/mol. The Bertz CT molecular complexity index is 443. The standard InChI is InChI=1S/C14H21N3O/c1-9(2)13(15)14(18)17-11-7-10-5-3-4-6-12(10)16-8-11/h7-9,13H,3-6,15H2,1-2H3,(H,17,18)/t13-/m1/s1. The van der Waals surface area contributed by atoms with Crippen molar-refractivity contribution >= 4 is 11.6 Å². The van der Waals surface area contributed by atoms with Gasteiger partial charge in [0.2, 0.25) is 5.91 Å². The number of nitrogens with two attached hydrogens (primary N) is 1. The molecule has 1 atom stereocenters. The number of hydrogen-bond donors (Lipinski definition) is 2. The van der Waals surface area contributed by atoms with Crippen LogP contribution >= 0.6 is 0 Å². The van der Waals surface area contributed by atoms with Crippen LogP contribution in [0.4, 0.5) is 5.69 Å². The van der Waals surface area contributed by atoms with Crippen LogP contribution in [0.25, 0.3) is 0 Å². The summed E-state index contributed by atoms with van der Waals surface area (Å²) in [6, 6.07) is 1.56. The second kappa shape index (κ2) is 5.48. The molecule has 0 unspecified atom stereocenters. The van der Waals surface area contributed by atoms with E-state index in [-0.39, 0.29) is 11.8 Å². The first-order valence-corrected chi connectivity index (χ1v) is 6.62. The van der Waals surface area contributed by atoms with Crippen LogP contribution in [0.3, 0.4) is 0 Å². The monoisotopic (exact) mass is 247 g/mol. The number of pyridine rings is 1. The number of carbonyl (C=O) groups excluding carboxylic acids is 1. The molecule has 1 aliphatic rings. The van der Waals surface area contributed by atoms with Gasteiger partial charge in [0.15, 0.2) is 0 Å². The number of fused-ring (bicyclic) bond motifs is 1. The third-order valence-corrected chi connectivity index (χ3v) is 3.46. The van der Waals surface area contributed by atoms with Crippen molar-refractivity contribution in [2.75, 3.05) is 5.32 Å². The lowest BCUT2D eigenvalue weighted by molar-refractivity contribution is -0.118. The van der Waals surface area contributed by atoms with Gasteiger partial charge in [0, 0.05) is 5.69 Å². The number of amides is 1. The van der Waals surface area contributed by atoms with Gasteiger partial charge >= 0.3 is 0 Å². The molecule has 0 fully saturated rings. The van der Waals surface area contributed by atoms with E-state index in [9.17, 15) is 4.79 Å². The highest BCUT2D eigenvalue weighted by Gasteiger charge is 2.18. The Morgan fingerprint density at radius 1 is 1.39 bits per heavy atom.